The zero-order valence-corrected chi connectivity index (χ0v) is 6.48. The molecular weight excluding hydrogens is 119 g/mol. The summed E-state index contributed by atoms with van der Waals surface area (Å²) in [4.78, 5) is 8.39. The molecule has 8 heavy (non-hydrogen) atoms. The van der Waals surface area contributed by atoms with Gasteiger partial charge in [0.15, 0.2) is 0 Å². The lowest BCUT2D eigenvalue weighted by atomic mass is 10.2. The summed E-state index contributed by atoms with van der Waals surface area (Å²) in [7, 11) is 0.169. The minimum absolute atomic E-state index is 0.169. The zero-order valence-electron chi connectivity index (χ0n) is 5.48. The van der Waals surface area contributed by atoms with Crippen molar-refractivity contribution in [1.82, 2.24) is 0 Å². The van der Waals surface area contributed by atoms with E-state index >= 15 is 0 Å². The lowest BCUT2D eigenvalue weighted by Gasteiger charge is -1.93. The van der Waals surface area contributed by atoms with Crippen molar-refractivity contribution in [2.75, 3.05) is 6.16 Å². The summed E-state index contributed by atoms with van der Waals surface area (Å²) >= 11 is 0. The second kappa shape index (κ2) is 7.39. The van der Waals surface area contributed by atoms with E-state index in [9.17, 15) is 0 Å². The van der Waals surface area contributed by atoms with Crippen LogP contribution in [-0.4, -0.2) is 11.1 Å². The lowest BCUT2D eigenvalue weighted by molar-refractivity contribution is 0.633. The fourth-order valence-corrected chi connectivity index (χ4v) is 1.04. The first-order chi connectivity index (χ1) is 3.91. The van der Waals surface area contributed by atoms with E-state index in [0.717, 1.165) is 6.16 Å². The predicted molar refractivity (Wildman–Crippen MR) is 39.5 cm³/mol. The van der Waals surface area contributed by atoms with Crippen LogP contribution in [0.5, 0.6) is 0 Å². The summed E-state index contributed by atoms with van der Waals surface area (Å²) in [5.41, 5.74) is 0. The molecule has 0 aliphatic carbocycles. The first-order valence-corrected chi connectivity index (χ1v) is 4.44. The van der Waals surface area contributed by atoms with Gasteiger partial charge < -0.3 is 4.89 Å². The molecule has 2 heteroatoms. The molecule has 0 saturated carbocycles. The molecule has 1 atom stereocenters. The second-order valence-corrected chi connectivity index (χ2v) is 2.79. The molecule has 0 bridgehead atoms. The van der Waals surface area contributed by atoms with Crippen molar-refractivity contribution in [3.63, 3.8) is 0 Å². The van der Waals surface area contributed by atoms with E-state index < -0.39 is 0 Å². The highest BCUT2D eigenvalue weighted by Gasteiger charge is 1.84. The molecule has 0 fully saturated rings. The van der Waals surface area contributed by atoms with Crippen LogP contribution in [0.1, 0.15) is 32.6 Å². The molecule has 1 nitrogen and oxygen atoms in total. The third kappa shape index (κ3) is 6.39. The molecule has 0 saturated heterocycles. The van der Waals surface area contributed by atoms with Gasteiger partial charge in [-0.2, -0.15) is 0 Å². The minimum Gasteiger partial charge on any atom is -0.377 e. The van der Waals surface area contributed by atoms with Crippen molar-refractivity contribution in [1.29, 1.82) is 0 Å². The molecule has 0 radical (unpaired) electrons. The zero-order chi connectivity index (χ0) is 6.24. The highest BCUT2D eigenvalue weighted by atomic mass is 31.1. The maximum atomic E-state index is 8.39. The van der Waals surface area contributed by atoms with Gasteiger partial charge in [0.25, 0.3) is 0 Å². The van der Waals surface area contributed by atoms with Gasteiger partial charge in [0.1, 0.15) is 0 Å². The van der Waals surface area contributed by atoms with Gasteiger partial charge in [0.05, 0.1) is 0 Å². The standard InChI is InChI=1S/C6H15OP/c1-2-3-4-5-6-8-7/h7-8H,2-6H2,1H3. The van der Waals surface area contributed by atoms with Gasteiger partial charge in [-0.1, -0.05) is 26.2 Å². The van der Waals surface area contributed by atoms with Crippen molar-refractivity contribution in [2.24, 2.45) is 0 Å². The van der Waals surface area contributed by atoms with Crippen LogP contribution < -0.4 is 0 Å². The molecule has 0 aliphatic heterocycles. The molecule has 1 N–H and O–H groups in total. The van der Waals surface area contributed by atoms with Gasteiger partial charge in [0.2, 0.25) is 0 Å². The summed E-state index contributed by atoms with van der Waals surface area (Å²) in [6.45, 7) is 2.20. The van der Waals surface area contributed by atoms with E-state index in [-0.39, 0.29) is 8.81 Å². The first-order valence-electron chi connectivity index (χ1n) is 3.28. The molecule has 0 aromatic carbocycles. The average molecular weight is 134 g/mol. The lowest BCUT2D eigenvalue weighted by Crippen LogP contribution is -1.76. The van der Waals surface area contributed by atoms with Gasteiger partial charge in [-0.05, 0) is 12.6 Å². The molecule has 0 aromatic rings. The summed E-state index contributed by atoms with van der Waals surface area (Å²) in [5, 5.41) is 0. The van der Waals surface area contributed by atoms with Gasteiger partial charge >= 0.3 is 0 Å². The quantitative estimate of drug-likeness (QED) is 0.451. The molecule has 0 amide bonds. The van der Waals surface area contributed by atoms with Crippen LogP contribution in [0.2, 0.25) is 0 Å². The second-order valence-electron chi connectivity index (χ2n) is 1.97. The smallest absolute Gasteiger partial charge is 0.0107 e. The Hall–Kier alpha value is 0.390. The molecular formula is C6H15OP. The van der Waals surface area contributed by atoms with Crippen LogP contribution >= 0.6 is 8.81 Å². The van der Waals surface area contributed by atoms with E-state index in [1.54, 1.807) is 0 Å². The minimum atomic E-state index is 0.169. The van der Waals surface area contributed by atoms with Crippen LogP contribution in [0.15, 0.2) is 0 Å². The Morgan fingerprint density at radius 2 is 2.00 bits per heavy atom. The number of hydrogen-bond donors (Lipinski definition) is 1. The average Bonchev–Trinajstić information content (AvgIpc) is 1.81. The Morgan fingerprint density at radius 1 is 1.25 bits per heavy atom. The number of hydrogen-bond acceptors (Lipinski definition) is 1. The molecule has 0 spiro atoms. The Balaban J connectivity index is 2.53. The number of unbranched alkanes of at least 4 members (excludes halogenated alkanes) is 3. The SMILES string of the molecule is CCCCCCPO. The van der Waals surface area contributed by atoms with Crippen molar-refractivity contribution in [3.05, 3.63) is 0 Å². The molecule has 50 valence electrons. The van der Waals surface area contributed by atoms with E-state index in [4.69, 9.17) is 4.89 Å². The highest BCUT2D eigenvalue weighted by Crippen LogP contribution is 2.07. The van der Waals surface area contributed by atoms with Crippen molar-refractivity contribution >= 4 is 8.81 Å². The fourth-order valence-electron chi connectivity index (χ4n) is 0.631. The van der Waals surface area contributed by atoms with Gasteiger partial charge in [-0.25, -0.2) is 0 Å². The summed E-state index contributed by atoms with van der Waals surface area (Å²) in [5.74, 6) is 0. The van der Waals surface area contributed by atoms with E-state index in [2.05, 4.69) is 6.92 Å². The Morgan fingerprint density at radius 3 is 2.50 bits per heavy atom. The van der Waals surface area contributed by atoms with Gasteiger partial charge in [-0.15, -0.1) is 0 Å². The summed E-state index contributed by atoms with van der Waals surface area (Å²) < 4.78 is 0. The molecule has 0 aromatic heterocycles. The predicted octanol–water partition coefficient (Wildman–Crippen LogP) is 2.15. The first kappa shape index (κ1) is 8.39. The Bertz CT molecular complexity index is 33.5. The van der Waals surface area contributed by atoms with E-state index in [1.165, 1.54) is 25.7 Å². The van der Waals surface area contributed by atoms with Crippen molar-refractivity contribution in [2.45, 2.75) is 32.6 Å². The van der Waals surface area contributed by atoms with E-state index in [1.807, 2.05) is 0 Å². The molecule has 0 heterocycles. The normalized spacial score (nSPS) is 11.2. The number of rotatable bonds is 5. The van der Waals surface area contributed by atoms with Crippen LogP contribution in [-0.2, 0) is 0 Å². The van der Waals surface area contributed by atoms with Crippen molar-refractivity contribution < 1.29 is 4.89 Å². The van der Waals surface area contributed by atoms with Crippen molar-refractivity contribution in [3.8, 4) is 0 Å². The van der Waals surface area contributed by atoms with E-state index in [0.29, 0.717) is 0 Å². The highest BCUT2D eigenvalue weighted by molar-refractivity contribution is 7.31. The van der Waals surface area contributed by atoms with Crippen LogP contribution in [0, 0.1) is 0 Å². The Kier molecular flexibility index (Phi) is 7.75. The third-order valence-electron chi connectivity index (χ3n) is 1.14. The summed E-state index contributed by atoms with van der Waals surface area (Å²) in [6, 6.07) is 0. The van der Waals surface area contributed by atoms with Crippen LogP contribution in [0.25, 0.3) is 0 Å². The third-order valence-corrected chi connectivity index (χ3v) is 1.72. The van der Waals surface area contributed by atoms with Crippen LogP contribution in [0.4, 0.5) is 0 Å². The Labute approximate surface area is 53.4 Å². The summed E-state index contributed by atoms with van der Waals surface area (Å²) in [6.07, 6.45) is 6.13. The largest absolute Gasteiger partial charge is 0.377 e. The van der Waals surface area contributed by atoms with Crippen LogP contribution in [0.3, 0.4) is 0 Å². The monoisotopic (exact) mass is 134 g/mol. The maximum absolute atomic E-state index is 8.39. The molecule has 0 rings (SSSR count). The van der Waals surface area contributed by atoms with Gasteiger partial charge in [-0.3, -0.25) is 0 Å². The maximum Gasteiger partial charge on any atom is 0.0107 e. The molecule has 0 aliphatic rings. The van der Waals surface area contributed by atoms with Gasteiger partial charge in [0, 0.05) is 8.81 Å². The molecule has 1 unspecified atom stereocenters. The fraction of sp³-hybridized carbons (Fsp3) is 1.00. The topological polar surface area (TPSA) is 20.2 Å².